The van der Waals surface area contributed by atoms with E-state index < -0.39 is 0 Å². The van der Waals surface area contributed by atoms with Crippen LogP contribution in [0.3, 0.4) is 0 Å². The number of aliphatic imine (C=N–C) groups is 1. The fourth-order valence-electron chi connectivity index (χ4n) is 4.02. The van der Waals surface area contributed by atoms with Crippen molar-refractivity contribution >= 4 is 5.96 Å². The van der Waals surface area contributed by atoms with E-state index in [4.69, 9.17) is 18.9 Å². The third-order valence-corrected chi connectivity index (χ3v) is 5.69. The largest absolute Gasteiger partial charge is 0.469 e. The van der Waals surface area contributed by atoms with Crippen LogP contribution < -0.4 is 10.6 Å². The third-order valence-electron chi connectivity index (χ3n) is 5.69. The fraction of sp³-hybridized carbons (Fsp3) is 0.773. The molecule has 7 heteroatoms. The molecule has 0 aromatic carbocycles. The molecule has 0 saturated carbocycles. The highest BCUT2D eigenvalue weighted by atomic mass is 16.5. The summed E-state index contributed by atoms with van der Waals surface area (Å²) in [5, 5.41) is 6.91. The van der Waals surface area contributed by atoms with Crippen molar-refractivity contribution in [3.8, 4) is 0 Å². The third kappa shape index (κ3) is 7.99. The molecule has 3 rings (SSSR count). The predicted molar refractivity (Wildman–Crippen MR) is 115 cm³/mol. The van der Waals surface area contributed by atoms with E-state index in [1.54, 1.807) is 6.26 Å². The monoisotopic (exact) mass is 406 g/mol. The van der Waals surface area contributed by atoms with Crippen molar-refractivity contribution < 1.29 is 13.9 Å². The minimum atomic E-state index is 0.302. The lowest BCUT2D eigenvalue weighted by Gasteiger charge is -2.21. The van der Waals surface area contributed by atoms with Crippen LogP contribution >= 0.6 is 0 Å². The molecule has 164 valence electrons. The maximum absolute atomic E-state index is 5.76. The van der Waals surface area contributed by atoms with Crippen LogP contribution in [0.2, 0.25) is 0 Å². The van der Waals surface area contributed by atoms with Gasteiger partial charge in [-0.3, -0.25) is 9.89 Å². The van der Waals surface area contributed by atoms with Crippen molar-refractivity contribution in [2.45, 2.75) is 57.6 Å². The van der Waals surface area contributed by atoms with E-state index in [-0.39, 0.29) is 0 Å². The van der Waals surface area contributed by atoms with Gasteiger partial charge in [0.1, 0.15) is 5.76 Å². The quantitative estimate of drug-likeness (QED) is 0.316. The van der Waals surface area contributed by atoms with E-state index in [9.17, 15) is 0 Å². The molecule has 0 bridgehead atoms. The standard InChI is InChI=1S/C22H38N4O3/c1-2-26-13-3-7-19(26)17-25-22(24-12-10-20-8-4-15-28-20)23-11-6-14-27-18-21-9-5-16-29-21/h4,8,15,19,21H,2-3,5-7,9-14,16-18H2,1H3,(H2,23,24,25). The fourth-order valence-corrected chi connectivity index (χ4v) is 4.02. The average molecular weight is 407 g/mol. The molecule has 2 fully saturated rings. The van der Waals surface area contributed by atoms with Crippen LogP contribution in [-0.4, -0.2) is 75.5 Å². The van der Waals surface area contributed by atoms with Crippen LogP contribution in [0.4, 0.5) is 0 Å². The molecular weight excluding hydrogens is 368 g/mol. The van der Waals surface area contributed by atoms with Gasteiger partial charge in [0.2, 0.25) is 0 Å². The number of nitrogens with zero attached hydrogens (tertiary/aromatic N) is 2. The Morgan fingerprint density at radius 3 is 3.00 bits per heavy atom. The molecule has 2 atom stereocenters. The molecule has 29 heavy (non-hydrogen) atoms. The summed E-state index contributed by atoms with van der Waals surface area (Å²) in [6.07, 6.45) is 8.65. The molecule has 1 aromatic heterocycles. The van der Waals surface area contributed by atoms with E-state index in [0.717, 1.165) is 83.4 Å². The molecular formula is C22H38N4O3. The van der Waals surface area contributed by atoms with E-state index in [2.05, 4.69) is 22.5 Å². The highest BCUT2D eigenvalue weighted by molar-refractivity contribution is 5.79. The van der Waals surface area contributed by atoms with Gasteiger partial charge in [0.25, 0.3) is 0 Å². The van der Waals surface area contributed by atoms with Gasteiger partial charge in [-0.25, -0.2) is 0 Å². The number of hydrogen-bond acceptors (Lipinski definition) is 5. The zero-order chi connectivity index (χ0) is 20.2. The van der Waals surface area contributed by atoms with Crippen molar-refractivity contribution in [2.24, 2.45) is 4.99 Å². The predicted octanol–water partition coefficient (Wildman–Crippen LogP) is 2.43. The van der Waals surface area contributed by atoms with Gasteiger partial charge in [0.15, 0.2) is 5.96 Å². The van der Waals surface area contributed by atoms with Crippen molar-refractivity contribution in [1.29, 1.82) is 0 Å². The second-order valence-electron chi connectivity index (χ2n) is 7.86. The first-order chi connectivity index (χ1) is 14.3. The Balaban J connectivity index is 1.37. The Kier molecular flexibility index (Phi) is 9.82. The van der Waals surface area contributed by atoms with E-state index in [0.29, 0.717) is 12.1 Å². The number of ether oxygens (including phenoxy) is 2. The summed E-state index contributed by atoms with van der Waals surface area (Å²) < 4.78 is 16.8. The Morgan fingerprint density at radius 2 is 2.21 bits per heavy atom. The summed E-state index contributed by atoms with van der Waals surface area (Å²) >= 11 is 0. The zero-order valence-corrected chi connectivity index (χ0v) is 17.9. The van der Waals surface area contributed by atoms with Crippen LogP contribution in [-0.2, 0) is 15.9 Å². The van der Waals surface area contributed by atoms with Gasteiger partial charge >= 0.3 is 0 Å². The van der Waals surface area contributed by atoms with Gasteiger partial charge in [-0.05, 0) is 57.3 Å². The molecule has 0 radical (unpaired) electrons. The van der Waals surface area contributed by atoms with Crippen LogP contribution in [0, 0.1) is 0 Å². The number of likely N-dealkylation sites (N-methyl/N-ethyl adjacent to an activating group) is 1. The van der Waals surface area contributed by atoms with Crippen LogP contribution in [0.5, 0.6) is 0 Å². The topological polar surface area (TPSA) is 71.3 Å². The lowest BCUT2D eigenvalue weighted by atomic mass is 10.2. The summed E-state index contributed by atoms with van der Waals surface area (Å²) in [5.41, 5.74) is 0. The lowest BCUT2D eigenvalue weighted by molar-refractivity contribution is 0.0168. The van der Waals surface area contributed by atoms with Crippen LogP contribution in [0.25, 0.3) is 0 Å². The average Bonchev–Trinajstić information content (AvgIpc) is 3.50. The van der Waals surface area contributed by atoms with Crippen molar-refractivity contribution in [3.63, 3.8) is 0 Å². The molecule has 3 heterocycles. The second-order valence-corrected chi connectivity index (χ2v) is 7.86. The number of hydrogen-bond donors (Lipinski definition) is 2. The van der Waals surface area contributed by atoms with Crippen molar-refractivity contribution in [3.05, 3.63) is 24.2 Å². The first-order valence-corrected chi connectivity index (χ1v) is 11.3. The Morgan fingerprint density at radius 1 is 1.28 bits per heavy atom. The summed E-state index contributed by atoms with van der Waals surface area (Å²) in [7, 11) is 0. The van der Waals surface area contributed by atoms with Crippen molar-refractivity contribution in [2.75, 3.05) is 52.5 Å². The Bertz CT molecular complexity index is 573. The van der Waals surface area contributed by atoms with Gasteiger partial charge in [0, 0.05) is 38.8 Å². The molecule has 2 aliphatic heterocycles. The highest BCUT2D eigenvalue weighted by Crippen LogP contribution is 2.16. The number of guanidine groups is 1. The summed E-state index contributed by atoms with van der Waals surface area (Å²) in [4.78, 5) is 7.40. The molecule has 1 aromatic rings. The Labute approximate surface area is 175 Å². The Hall–Kier alpha value is -1.57. The maximum atomic E-state index is 5.76. The number of nitrogens with one attached hydrogen (secondary N) is 2. The lowest BCUT2D eigenvalue weighted by Crippen LogP contribution is -2.40. The maximum Gasteiger partial charge on any atom is 0.191 e. The van der Waals surface area contributed by atoms with Gasteiger partial charge in [-0.15, -0.1) is 0 Å². The van der Waals surface area contributed by atoms with Crippen LogP contribution in [0.15, 0.2) is 27.8 Å². The SMILES string of the molecule is CCN1CCCC1CN=C(NCCCOCC1CCCO1)NCCc1ccco1. The number of likely N-dealkylation sites (tertiary alicyclic amines) is 1. The van der Waals surface area contributed by atoms with Gasteiger partial charge < -0.3 is 24.5 Å². The van der Waals surface area contributed by atoms with E-state index in [1.165, 1.54) is 19.4 Å². The van der Waals surface area contributed by atoms with E-state index in [1.807, 2.05) is 12.1 Å². The minimum absolute atomic E-state index is 0.302. The van der Waals surface area contributed by atoms with Crippen molar-refractivity contribution in [1.82, 2.24) is 15.5 Å². The van der Waals surface area contributed by atoms with E-state index >= 15 is 0 Å². The molecule has 2 unspecified atom stereocenters. The summed E-state index contributed by atoms with van der Waals surface area (Å²) in [5.74, 6) is 1.88. The normalized spacial score (nSPS) is 23.0. The molecule has 0 amide bonds. The zero-order valence-electron chi connectivity index (χ0n) is 17.9. The first-order valence-electron chi connectivity index (χ1n) is 11.3. The highest BCUT2D eigenvalue weighted by Gasteiger charge is 2.22. The number of rotatable bonds is 12. The van der Waals surface area contributed by atoms with Crippen LogP contribution in [0.1, 0.15) is 44.8 Å². The molecule has 0 aliphatic carbocycles. The molecule has 2 N–H and O–H groups in total. The molecule has 2 aliphatic rings. The first kappa shape index (κ1) is 22.1. The molecule has 7 nitrogen and oxygen atoms in total. The van der Waals surface area contributed by atoms with Gasteiger partial charge in [-0.1, -0.05) is 6.92 Å². The summed E-state index contributed by atoms with van der Waals surface area (Å²) in [6.45, 7) is 9.39. The smallest absolute Gasteiger partial charge is 0.191 e. The second kappa shape index (κ2) is 12.9. The van der Waals surface area contributed by atoms with Gasteiger partial charge in [-0.2, -0.15) is 0 Å². The number of furan rings is 1. The minimum Gasteiger partial charge on any atom is -0.469 e. The molecule has 2 saturated heterocycles. The van der Waals surface area contributed by atoms with Gasteiger partial charge in [0.05, 0.1) is 25.5 Å². The molecule has 0 spiro atoms. The summed E-state index contributed by atoms with van der Waals surface area (Å²) in [6, 6.07) is 4.51.